The van der Waals surface area contributed by atoms with Crippen molar-refractivity contribution < 1.29 is 0 Å². The number of hydrogen-bond acceptors (Lipinski definition) is 0. The van der Waals surface area contributed by atoms with Crippen molar-refractivity contribution >= 4 is 66.6 Å². The monoisotopic (exact) mass is 529 g/mol. The van der Waals surface area contributed by atoms with Gasteiger partial charge in [-0.15, -0.1) is 0 Å². The van der Waals surface area contributed by atoms with E-state index in [4.69, 9.17) is 11.6 Å². The van der Waals surface area contributed by atoms with Crippen LogP contribution in [0.5, 0.6) is 0 Å². The zero-order chi connectivity index (χ0) is 20.9. The zero-order valence-electron chi connectivity index (χ0n) is 16.5. The van der Waals surface area contributed by atoms with Gasteiger partial charge >= 0.3 is 0 Å². The van der Waals surface area contributed by atoms with Crippen LogP contribution in [-0.4, -0.2) is 4.57 Å². The molecule has 0 saturated heterocycles. The lowest BCUT2D eigenvalue weighted by atomic mass is 9.98. The lowest BCUT2D eigenvalue weighted by Gasteiger charge is -2.14. The van der Waals surface area contributed by atoms with Crippen LogP contribution in [0.15, 0.2) is 103 Å². The largest absolute Gasteiger partial charge is 0.308 e. The van der Waals surface area contributed by atoms with Gasteiger partial charge in [0.2, 0.25) is 0 Å². The summed E-state index contributed by atoms with van der Waals surface area (Å²) in [6.07, 6.45) is 0. The SMILES string of the molecule is Clc1ccc2c(c1)c1ccccc1c1c2c(I)c(-c2ccccc2)n1-c1ccccc1. The van der Waals surface area contributed by atoms with Gasteiger partial charge in [-0.25, -0.2) is 0 Å². The van der Waals surface area contributed by atoms with Crippen LogP contribution >= 0.6 is 34.2 Å². The molecule has 148 valence electrons. The molecule has 31 heavy (non-hydrogen) atoms. The zero-order valence-corrected chi connectivity index (χ0v) is 19.4. The molecule has 0 unspecified atom stereocenters. The van der Waals surface area contributed by atoms with Crippen molar-refractivity contribution in [1.82, 2.24) is 4.57 Å². The second-order valence-corrected chi connectivity index (χ2v) is 9.17. The summed E-state index contributed by atoms with van der Waals surface area (Å²) in [6.45, 7) is 0. The minimum atomic E-state index is 0.762. The molecule has 1 nitrogen and oxygen atoms in total. The number of fused-ring (bicyclic) bond motifs is 6. The van der Waals surface area contributed by atoms with Crippen LogP contribution in [0.1, 0.15) is 0 Å². The Morgan fingerprint density at radius 1 is 0.613 bits per heavy atom. The molecule has 0 amide bonds. The number of halogens is 2. The molecule has 1 aromatic heterocycles. The fourth-order valence-electron chi connectivity index (χ4n) is 4.61. The molecular formula is C28H17ClIN. The third kappa shape index (κ3) is 2.89. The van der Waals surface area contributed by atoms with Crippen molar-refractivity contribution in [3.05, 3.63) is 112 Å². The smallest absolute Gasteiger partial charge is 0.0675 e. The third-order valence-corrected chi connectivity index (χ3v) is 7.18. The van der Waals surface area contributed by atoms with E-state index >= 15 is 0 Å². The molecule has 0 aliphatic rings. The molecule has 0 aliphatic heterocycles. The molecule has 3 heteroatoms. The summed E-state index contributed by atoms with van der Waals surface area (Å²) in [5.74, 6) is 0. The predicted octanol–water partition coefficient (Wildman–Crippen LogP) is 8.86. The summed E-state index contributed by atoms with van der Waals surface area (Å²) in [5.41, 5.74) is 4.82. The minimum absolute atomic E-state index is 0.762. The first kappa shape index (κ1) is 18.9. The minimum Gasteiger partial charge on any atom is -0.308 e. The van der Waals surface area contributed by atoms with E-state index in [0.29, 0.717) is 0 Å². The molecule has 0 atom stereocenters. The van der Waals surface area contributed by atoms with E-state index in [1.165, 1.54) is 47.3 Å². The van der Waals surface area contributed by atoms with E-state index in [0.717, 1.165) is 10.7 Å². The molecule has 0 fully saturated rings. The van der Waals surface area contributed by atoms with E-state index in [-0.39, 0.29) is 0 Å². The molecule has 0 bridgehead atoms. The van der Waals surface area contributed by atoms with Gasteiger partial charge in [-0.3, -0.25) is 0 Å². The number of aromatic nitrogens is 1. The van der Waals surface area contributed by atoms with Gasteiger partial charge in [0.05, 0.1) is 11.2 Å². The van der Waals surface area contributed by atoms with Gasteiger partial charge in [-0.2, -0.15) is 0 Å². The number of hydrogen-bond donors (Lipinski definition) is 0. The molecule has 0 radical (unpaired) electrons. The van der Waals surface area contributed by atoms with Gasteiger partial charge in [0.25, 0.3) is 0 Å². The first-order valence-electron chi connectivity index (χ1n) is 10.2. The normalized spacial score (nSPS) is 11.5. The second kappa shape index (κ2) is 7.40. The molecule has 0 saturated carbocycles. The molecule has 0 spiro atoms. The van der Waals surface area contributed by atoms with Crippen molar-refractivity contribution in [1.29, 1.82) is 0 Å². The topological polar surface area (TPSA) is 4.93 Å². The van der Waals surface area contributed by atoms with E-state index in [1.807, 2.05) is 6.07 Å². The number of benzene rings is 5. The van der Waals surface area contributed by atoms with E-state index in [1.54, 1.807) is 0 Å². The van der Waals surface area contributed by atoms with Crippen LogP contribution in [0.25, 0.3) is 49.4 Å². The van der Waals surface area contributed by atoms with E-state index in [2.05, 4.69) is 124 Å². The molecular weight excluding hydrogens is 513 g/mol. The van der Waals surface area contributed by atoms with Crippen LogP contribution in [0.2, 0.25) is 5.02 Å². The molecule has 1 heterocycles. The summed E-state index contributed by atoms with van der Waals surface area (Å²) < 4.78 is 3.67. The van der Waals surface area contributed by atoms with Gasteiger partial charge in [0.15, 0.2) is 0 Å². The first-order chi connectivity index (χ1) is 15.2. The first-order valence-corrected chi connectivity index (χ1v) is 11.6. The van der Waals surface area contributed by atoms with Gasteiger partial charge in [-0.05, 0) is 68.6 Å². The Hall–Kier alpha value is -2.82. The summed E-state index contributed by atoms with van der Waals surface area (Å²) >= 11 is 8.96. The summed E-state index contributed by atoms with van der Waals surface area (Å²) in [6, 6.07) is 36.2. The van der Waals surface area contributed by atoms with Crippen LogP contribution in [0.4, 0.5) is 0 Å². The average Bonchev–Trinajstić information content (AvgIpc) is 3.13. The molecule has 6 aromatic rings. The fraction of sp³-hybridized carbons (Fsp3) is 0. The average molecular weight is 530 g/mol. The highest BCUT2D eigenvalue weighted by Gasteiger charge is 2.22. The fourth-order valence-corrected chi connectivity index (χ4v) is 5.88. The van der Waals surface area contributed by atoms with Gasteiger partial charge in [0, 0.05) is 25.1 Å². The van der Waals surface area contributed by atoms with Crippen molar-refractivity contribution in [2.75, 3.05) is 0 Å². The Kier molecular flexibility index (Phi) is 4.51. The maximum atomic E-state index is 6.43. The highest BCUT2D eigenvalue weighted by atomic mass is 127. The Labute approximate surface area is 199 Å². The molecule has 0 N–H and O–H groups in total. The lowest BCUT2D eigenvalue weighted by Crippen LogP contribution is -1.97. The number of rotatable bonds is 2. The van der Waals surface area contributed by atoms with Gasteiger partial charge < -0.3 is 4.57 Å². The Bertz CT molecular complexity index is 1580. The Morgan fingerprint density at radius 3 is 2.00 bits per heavy atom. The maximum Gasteiger partial charge on any atom is 0.0675 e. The van der Waals surface area contributed by atoms with Gasteiger partial charge in [-0.1, -0.05) is 90.5 Å². The van der Waals surface area contributed by atoms with Crippen LogP contribution in [0, 0.1) is 3.57 Å². The molecule has 0 aliphatic carbocycles. The molecule has 5 aromatic carbocycles. The van der Waals surface area contributed by atoms with Crippen molar-refractivity contribution in [3.63, 3.8) is 0 Å². The van der Waals surface area contributed by atoms with Crippen molar-refractivity contribution in [3.8, 4) is 16.9 Å². The van der Waals surface area contributed by atoms with Gasteiger partial charge in [0.1, 0.15) is 0 Å². The van der Waals surface area contributed by atoms with Crippen molar-refractivity contribution in [2.24, 2.45) is 0 Å². The van der Waals surface area contributed by atoms with E-state index in [9.17, 15) is 0 Å². The van der Waals surface area contributed by atoms with E-state index < -0.39 is 0 Å². The summed E-state index contributed by atoms with van der Waals surface area (Å²) in [5, 5.41) is 6.91. The Morgan fingerprint density at radius 2 is 1.26 bits per heavy atom. The lowest BCUT2D eigenvalue weighted by molar-refractivity contribution is 1.14. The van der Waals surface area contributed by atoms with Crippen LogP contribution in [0.3, 0.4) is 0 Å². The van der Waals surface area contributed by atoms with Crippen molar-refractivity contribution in [2.45, 2.75) is 0 Å². The quantitative estimate of drug-likeness (QED) is 0.156. The Balaban J connectivity index is 1.94. The number of para-hydroxylation sites is 1. The standard InChI is InChI=1S/C28H17ClIN/c29-19-15-16-22-24(17-19)21-13-7-8-14-23(21)28-25(22)26(30)27(18-9-3-1-4-10-18)31(28)20-11-5-2-6-12-20/h1-17H. The highest BCUT2D eigenvalue weighted by Crippen LogP contribution is 2.45. The highest BCUT2D eigenvalue weighted by molar-refractivity contribution is 14.1. The van der Waals surface area contributed by atoms with Crippen LogP contribution < -0.4 is 0 Å². The summed E-state index contributed by atoms with van der Waals surface area (Å²) in [4.78, 5) is 0. The predicted molar refractivity (Wildman–Crippen MR) is 141 cm³/mol. The third-order valence-electron chi connectivity index (χ3n) is 5.90. The summed E-state index contributed by atoms with van der Waals surface area (Å²) in [7, 11) is 0. The number of nitrogens with zero attached hydrogens (tertiary/aromatic N) is 1. The second-order valence-electron chi connectivity index (χ2n) is 7.66. The molecule has 6 rings (SSSR count). The maximum absolute atomic E-state index is 6.43. The van der Waals surface area contributed by atoms with Crippen LogP contribution in [-0.2, 0) is 0 Å².